The lowest BCUT2D eigenvalue weighted by Gasteiger charge is -2.11. The van der Waals surface area contributed by atoms with Crippen LogP contribution in [-0.4, -0.2) is 19.2 Å². The Morgan fingerprint density at radius 1 is 1.40 bits per heavy atom. The number of pyridine rings is 1. The largest absolute Gasteiger partial charge is 0.491 e. The number of alkyl halides is 2. The summed E-state index contributed by atoms with van der Waals surface area (Å²) >= 11 is 0. The summed E-state index contributed by atoms with van der Waals surface area (Å²) in [5.41, 5.74) is 5.20. The quantitative estimate of drug-likeness (QED) is 0.831. The zero-order valence-electron chi connectivity index (χ0n) is 8.46. The Bertz CT molecular complexity index is 345. The molecule has 0 aromatic carbocycles. The van der Waals surface area contributed by atoms with Crippen LogP contribution in [0.2, 0.25) is 0 Å². The van der Waals surface area contributed by atoms with Gasteiger partial charge in [-0.3, -0.25) is 0 Å². The summed E-state index contributed by atoms with van der Waals surface area (Å²) in [4.78, 5) is 3.85. The predicted octanol–water partition coefficient (Wildman–Crippen LogP) is 1.50. The van der Waals surface area contributed by atoms with Crippen molar-refractivity contribution >= 4 is 0 Å². The van der Waals surface area contributed by atoms with Crippen molar-refractivity contribution in [1.82, 2.24) is 4.98 Å². The minimum atomic E-state index is -2.63. The summed E-state index contributed by atoms with van der Waals surface area (Å²) in [7, 11) is 2.74. The summed E-state index contributed by atoms with van der Waals surface area (Å²) in [5.74, 6) is 0.326. The Balaban J connectivity index is 3.27. The molecule has 0 radical (unpaired) electrons. The fraction of sp³-hybridized carbons (Fsp3) is 0.444. The Morgan fingerprint density at radius 3 is 2.47 bits per heavy atom. The highest BCUT2D eigenvalue weighted by molar-refractivity contribution is 5.40. The molecule has 1 rings (SSSR count). The summed E-state index contributed by atoms with van der Waals surface area (Å²) < 4.78 is 34.9. The van der Waals surface area contributed by atoms with Crippen molar-refractivity contribution < 1.29 is 18.3 Å². The molecule has 2 N–H and O–H groups in total. The number of rotatable bonds is 4. The lowest BCUT2D eigenvalue weighted by Crippen LogP contribution is -2.07. The molecule has 0 aliphatic carbocycles. The van der Waals surface area contributed by atoms with Crippen LogP contribution in [0.25, 0.3) is 0 Å². The number of nitrogens with zero attached hydrogens (tertiary/aromatic N) is 1. The van der Waals surface area contributed by atoms with Crippen LogP contribution in [-0.2, 0) is 6.54 Å². The molecule has 84 valence electrons. The number of hydrogen-bond acceptors (Lipinski definition) is 4. The Kier molecular flexibility index (Phi) is 3.79. The lowest BCUT2D eigenvalue weighted by molar-refractivity contribution is 0.149. The van der Waals surface area contributed by atoms with E-state index >= 15 is 0 Å². The molecule has 0 amide bonds. The van der Waals surface area contributed by atoms with Crippen molar-refractivity contribution in [2.45, 2.75) is 13.0 Å². The van der Waals surface area contributed by atoms with E-state index in [1.165, 1.54) is 20.3 Å². The molecule has 1 heterocycles. The molecule has 6 heteroatoms. The Hall–Kier alpha value is -1.43. The van der Waals surface area contributed by atoms with Crippen LogP contribution in [0.3, 0.4) is 0 Å². The molecular weight excluding hydrogens is 206 g/mol. The molecule has 0 saturated heterocycles. The molecular formula is C9H12F2N2O2. The third-order valence-corrected chi connectivity index (χ3v) is 1.91. The third kappa shape index (κ3) is 2.33. The van der Waals surface area contributed by atoms with Gasteiger partial charge in [-0.15, -0.1) is 0 Å². The molecule has 0 aliphatic heterocycles. The fourth-order valence-electron chi connectivity index (χ4n) is 1.17. The second-order valence-electron chi connectivity index (χ2n) is 2.74. The van der Waals surface area contributed by atoms with Gasteiger partial charge in [0.05, 0.1) is 19.9 Å². The number of ether oxygens (including phenoxy) is 2. The van der Waals surface area contributed by atoms with Gasteiger partial charge in [-0.1, -0.05) is 0 Å². The van der Waals surface area contributed by atoms with Gasteiger partial charge in [-0.2, -0.15) is 0 Å². The molecule has 0 fully saturated rings. The van der Waals surface area contributed by atoms with E-state index in [-0.39, 0.29) is 29.4 Å². The number of methoxy groups -OCH3 is 2. The first kappa shape index (κ1) is 11.6. The predicted molar refractivity (Wildman–Crippen MR) is 50.2 cm³/mol. The summed E-state index contributed by atoms with van der Waals surface area (Å²) in [6.07, 6.45) is -2.63. The molecule has 0 saturated carbocycles. The zero-order chi connectivity index (χ0) is 11.4. The van der Waals surface area contributed by atoms with Crippen LogP contribution in [0, 0.1) is 0 Å². The van der Waals surface area contributed by atoms with Crippen LogP contribution in [0.15, 0.2) is 6.07 Å². The van der Waals surface area contributed by atoms with E-state index in [9.17, 15) is 8.78 Å². The molecule has 1 aromatic rings. The maximum absolute atomic E-state index is 12.6. The van der Waals surface area contributed by atoms with Gasteiger partial charge < -0.3 is 15.2 Å². The highest BCUT2D eigenvalue weighted by Crippen LogP contribution is 2.31. The van der Waals surface area contributed by atoms with Crippen molar-refractivity contribution in [1.29, 1.82) is 0 Å². The van der Waals surface area contributed by atoms with Crippen molar-refractivity contribution in [3.63, 3.8) is 0 Å². The fourth-order valence-corrected chi connectivity index (χ4v) is 1.17. The van der Waals surface area contributed by atoms with Gasteiger partial charge in [-0.05, 0) is 6.07 Å². The SMILES string of the molecule is COc1cc(C(F)F)c(CN)nc1OC. The lowest BCUT2D eigenvalue weighted by atomic mass is 10.2. The van der Waals surface area contributed by atoms with Crippen molar-refractivity contribution in [2.75, 3.05) is 14.2 Å². The molecule has 0 aliphatic rings. The minimum Gasteiger partial charge on any atom is -0.491 e. The van der Waals surface area contributed by atoms with Crippen molar-refractivity contribution in [3.05, 3.63) is 17.3 Å². The first-order valence-electron chi connectivity index (χ1n) is 4.24. The van der Waals surface area contributed by atoms with Crippen LogP contribution >= 0.6 is 0 Å². The first-order valence-corrected chi connectivity index (χ1v) is 4.24. The van der Waals surface area contributed by atoms with E-state index in [0.29, 0.717) is 0 Å². The zero-order valence-corrected chi connectivity index (χ0v) is 8.46. The second-order valence-corrected chi connectivity index (χ2v) is 2.74. The maximum atomic E-state index is 12.6. The monoisotopic (exact) mass is 218 g/mol. The van der Waals surface area contributed by atoms with E-state index in [4.69, 9.17) is 15.2 Å². The normalized spacial score (nSPS) is 10.5. The molecule has 0 bridgehead atoms. The standard InChI is InChI=1S/C9H12F2N2O2/c1-14-7-3-5(8(10)11)6(4-12)13-9(7)15-2/h3,8H,4,12H2,1-2H3. The third-order valence-electron chi connectivity index (χ3n) is 1.91. The van der Waals surface area contributed by atoms with Crippen LogP contribution < -0.4 is 15.2 Å². The summed E-state index contributed by atoms with van der Waals surface area (Å²) in [6.45, 7) is -0.0694. The van der Waals surface area contributed by atoms with Gasteiger partial charge in [0.2, 0.25) is 0 Å². The second kappa shape index (κ2) is 4.88. The first-order chi connectivity index (χ1) is 7.13. The summed E-state index contributed by atoms with van der Waals surface area (Å²) in [6, 6.07) is 1.19. The van der Waals surface area contributed by atoms with Crippen molar-refractivity contribution in [3.8, 4) is 11.6 Å². The van der Waals surface area contributed by atoms with Gasteiger partial charge >= 0.3 is 0 Å². The topological polar surface area (TPSA) is 57.4 Å². The van der Waals surface area contributed by atoms with Crippen LogP contribution in [0.4, 0.5) is 8.78 Å². The van der Waals surface area contributed by atoms with E-state index in [2.05, 4.69) is 4.98 Å². The smallest absolute Gasteiger partial charge is 0.265 e. The molecule has 0 spiro atoms. The number of nitrogens with two attached hydrogens (primary N) is 1. The minimum absolute atomic E-state index is 0.0694. The highest BCUT2D eigenvalue weighted by Gasteiger charge is 2.18. The average Bonchev–Trinajstić information content (AvgIpc) is 2.26. The van der Waals surface area contributed by atoms with Gasteiger partial charge in [0.25, 0.3) is 12.3 Å². The van der Waals surface area contributed by atoms with E-state index in [1.54, 1.807) is 0 Å². The van der Waals surface area contributed by atoms with Gasteiger partial charge in [0, 0.05) is 12.1 Å². The number of aromatic nitrogens is 1. The van der Waals surface area contributed by atoms with E-state index in [1.807, 2.05) is 0 Å². The molecule has 15 heavy (non-hydrogen) atoms. The number of halogens is 2. The Morgan fingerprint density at radius 2 is 2.07 bits per heavy atom. The van der Waals surface area contributed by atoms with Gasteiger partial charge in [-0.25, -0.2) is 13.8 Å². The molecule has 1 aromatic heterocycles. The van der Waals surface area contributed by atoms with E-state index in [0.717, 1.165) is 0 Å². The van der Waals surface area contributed by atoms with E-state index < -0.39 is 6.43 Å². The number of hydrogen-bond donors (Lipinski definition) is 1. The van der Waals surface area contributed by atoms with Gasteiger partial charge in [0.1, 0.15) is 0 Å². The molecule has 4 nitrogen and oxygen atoms in total. The highest BCUT2D eigenvalue weighted by atomic mass is 19.3. The maximum Gasteiger partial charge on any atom is 0.265 e. The Labute approximate surface area is 86.0 Å². The van der Waals surface area contributed by atoms with Gasteiger partial charge in [0.15, 0.2) is 5.75 Å². The molecule has 0 unspecified atom stereocenters. The van der Waals surface area contributed by atoms with Crippen LogP contribution in [0.5, 0.6) is 11.6 Å². The summed E-state index contributed by atoms with van der Waals surface area (Å²) in [5, 5.41) is 0. The van der Waals surface area contributed by atoms with Crippen LogP contribution in [0.1, 0.15) is 17.7 Å². The van der Waals surface area contributed by atoms with Crippen molar-refractivity contribution in [2.24, 2.45) is 5.73 Å². The average molecular weight is 218 g/mol. The molecule has 0 atom stereocenters.